The highest BCUT2D eigenvalue weighted by atomic mass is 16.3. The molecule has 5 heterocycles. The Labute approximate surface area is 370 Å². The second-order valence-corrected chi connectivity index (χ2v) is 17.3. The summed E-state index contributed by atoms with van der Waals surface area (Å²) in [7, 11) is 0. The molecule has 0 radical (unpaired) electrons. The van der Waals surface area contributed by atoms with E-state index < -0.39 is 0 Å². The van der Waals surface area contributed by atoms with Crippen molar-refractivity contribution in [3.8, 4) is 28.2 Å². The molecule has 0 amide bonds. The van der Waals surface area contributed by atoms with Crippen LogP contribution in [0.25, 0.3) is 137 Å². The van der Waals surface area contributed by atoms with Gasteiger partial charge in [0.15, 0.2) is 0 Å². The summed E-state index contributed by atoms with van der Waals surface area (Å²) >= 11 is 0. The molecule has 5 nitrogen and oxygen atoms in total. The minimum atomic E-state index is 0.863. The average molecular weight is 830 g/mol. The van der Waals surface area contributed by atoms with Gasteiger partial charge in [0.05, 0.1) is 38.5 Å². The fourth-order valence-corrected chi connectivity index (χ4v) is 11.0. The smallest absolute Gasteiger partial charge is 0.145 e. The van der Waals surface area contributed by atoms with Crippen molar-refractivity contribution in [2.75, 3.05) is 0 Å². The molecule has 0 saturated carbocycles. The molecular weight excluding hydrogens is 795 g/mol. The maximum atomic E-state index is 6.88. The lowest BCUT2D eigenvalue weighted by atomic mass is 10.0. The van der Waals surface area contributed by atoms with E-state index in [1.165, 1.54) is 49.2 Å². The lowest BCUT2D eigenvalue weighted by Gasteiger charge is -2.09. The van der Waals surface area contributed by atoms with Crippen molar-refractivity contribution in [1.29, 1.82) is 0 Å². The van der Waals surface area contributed by atoms with Crippen LogP contribution < -0.4 is 0 Å². The molecule has 0 unspecified atom stereocenters. The van der Waals surface area contributed by atoms with Crippen molar-refractivity contribution in [3.63, 3.8) is 0 Å². The van der Waals surface area contributed by atoms with Crippen LogP contribution in [0.2, 0.25) is 0 Å². The van der Waals surface area contributed by atoms with E-state index in [1.54, 1.807) is 0 Å². The molecule has 15 aromatic rings. The van der Waals surface area contributed by atoms with Crippen LogP contribution in [0.4, 0.5) is 0 Å². The van der Waals surface area contributed by atoms with Crippen molar-refractivity contribution in [2.45, 2.75) is 0 Å². The topological polar surface area (TPSA) is 41.1 Å². The van der Waals surface area contributed by atoms with Crippen LogP contribution in [0.3, 0.4) is 0 Å². The third-order valence-electron chi connectivity index (χ3n) is 13.8. The number of rotatable bonds is 4. The van der Waals surface area contributed by atoms with Gasteiger partial charge in [-0.2, -0.15) is 0 Å². The number of fused-ring (bicyclic) bond motifs is 16. The summed E-state index contributed by atoms with van der Waals surface area (Å²) in [5.74, 6) is 0. The van der Waals surface area contributed by atoms with E-state index in [0.717, 1.165) is 88.3 Å². The van der Waals surface area contributed by atoms with Gasteiger partial charge < -0.3 is 22.5 Å². The number of hydrogen-bond acceptors (Lipinski definition) is 2. The largest absolute Gasteiger partial charge is 0.456 e. The van der Waals surface area contributed by atoms with E-state index in [9.17, 15) is 0 Å². The molecule has 15 rings (SSSR count). The molecule has 0 atom stereocenters. The Kier molecular flexibility index (Phi) is 6.89. The Morgan fingerprint density at radius 3 is 1.34 bits per heavy atom. The lowest BCUT2D eigenvalue weighted by Crippen LogP contribution is -1.93. The van der Waals surface area contributed by atoms with Gasteiger partial charge in [0.1, 0.15) is 22.3 Å². The first-order chi connectivity index (χ1) is 32.2. The van der Waals surface area contributed by atoms with E-state index in [4.69, 9.17) is 8.83 Å². The Morgan fingerprint density at radius 2 is 0.677 bits per heavy atom. The summed E-state index contributed by atoms with van der Waals surface area (Å²) in [6.45, 7) is 0. The monoisotopic (exact) mass is 829 g/mol. The molecule has 5 heteroatoms. The van der Waals surface area contributed by atoms with Crippen molar-refractivity contribution in [1.82, 2.24) is 13.7 Å². The van der Waals surface area contributed by atoms with Crippen molar-refractivity contribution < 1.29 is 8.83 Å². The molecule has 0 aliphatic carbocycles. The van der Waals surface area contributed by atoms with E-state index in [-0.39, 0.29) is 0 Å². The summed E-state index contributed by atoms with van der Waals surface area (Å²) in [4.78, 5) is 0. The number of benzene rings is 10. The Balaban J connectivity index is 0.887. The van der Waals surface area contributed by atoms with Crippen LogP contribution in [0, 0.1) is 0 Å². The summed E-state index contributed by atoms with van der Waals surface area (Å²) in [5.41, 5.74) is 16.1. The lowest BCUT2D eigenvalue weighted by molar-refractivity contribution is 0.669. The number of aromatic nitrogens is 3. The van der Waals surface area contributed by atoms with Gasteiger partial charge in [-0.25, -0.2) is 0 Å². The van der Waals surface area contributed by atoms with Gasteiger partial charge in [-0.15, -0.1) is 0 Å². The molecule has 0 saturated heterocycles. The highest BCUT2D eigenvalue weighted by Crippen LogP contribution is 2.43. The second kappa shape index (κ2) is 12.9. The van der Waals surface area contributed by atoms with Crippen LogP contribution in [0.5, 0.6) is 0 Å². The SMILES string of the molecule is c1ccc(-n2c3ccccc3c3cc(-c4ccc5oc6ccc(-n7c8ccccc8c8c9oc%10ccc(-n%11c%12ccccc%12c%12ccccc%12%11)cc%10c9ccc87)cc6c5c4)ccc32)cc1. The molecule has 10 aromatic carbocycles. The van der Waals surface area contributed by atoms with Crippen LogP contribution in [0.1, 0.15) is 0 Å². The summed E-state index contributed by atoms with van der Waals surface area (Å²) in [6.07, 6.45) is 0. The molecule has 0 fully saturated rings. The molecule has 0 aliphatic heterocycles. The third-order valence-corrected chi connectivity index (χ3v) is 13.8. The first-order valence-corrected chi connectivity index (χ1v) is 22.2. The number of furan rings is 2. The molecular formula is C60H35N3O2. The van der Waals surface area contributed by atoms with Gasteiger partial charge >= 0.3 is 0 Å². The molecule has 65 heavy (non-hydrogen) atoms. The Bertz CT molecular complexity index is 4430. The molecule has 0 spiro atoms. The zero-order valence-corrected chi connectivity index (χ0v) is 34.9. The maximum absolute atomic E-state index is 6.88. The quantitative estimate of drug-likeness (QED) is 0.177. The summed E-state index contributed by atoms with van der Waals surface area (Å²) < 4.78 is 20.5. The predicted molar refractivity (Wildman–Crippen MR) is 269 cm³/mol. The first kappa shape index (κ1) is 34.7. The standard InChI is InChI=1S/C60H35N3O2/c1-2-12-38(13-3-1)61-52-20-10-6-16-43(52)46-32-36(22-27-54(46)61)37-23-29-56-47(33-37)49-35-40(24-30-57(49)64-56)63-53-21-11-7-17-45(53)59-55(63)28-26-44-48-34-39(25-31-58(48)65-60(44)59)62-50-18-8-4-14-41(50)42-15-5-9-19-51(42)62/h1-35H. The fourth-order valence-electron chi connectivity index (χ4n) is 11.0. The molecule has 302 valence electrons. The number of para-hydroxylation sites is 5. The summed E-state index contributed by atoms with van der Waals surface area (Å²) in [6, 6.07) is 76.4. The number of nitrogens with zero attached hydrogens (tertiary/aromatic N) is 3. The zero-order valence-electron chi connectivity index (χ0n) is 34.9. The molecule has 0 N–H and O–H groups in total. The highest BCUT2D eigenvalue weighted by molar-refractivity contribution is 6.24. The highest BCUT2D eigenvalue weighted by Gasteiger charge is 2.21. The maximum Gasteiger partial charge on any atom is 0.145 e. The van der Waals surface area contributed by atoms with Gasteiger partial charge in [-0.1, -0.05) is 103 Å². The van der Waals surface area contributed by atoms with Gasteiger partial charge in [-0.05, 0) is 120 Å². The number of hydrogen-bond donors (Lipinski definition) is 0. The minimum Gasteiger partial charge on any atom is -0.456 e. The average Bonchev–Trinajstić information content (AvgIpc) is 4.17. The van der Waals surface area contributed by atoms with Gasteiger partial charge in [-0.3, -0.25) is 0 Å². The van der Waals surface area contributed by atoms with Crippen molar-refractivity contribution in [3.05, 3.63) is 212 Å². The molecule has 5 aromatic heterocycles. The van der Waals surface area contributed by atoms with Crippen molar-refractivity contribution >= 4 is 109 Å². The van der Waals surface area contributed by atoms with Crippen LogP contribution in [-0.4, -0.2) is 13.7 Å². The Hall–Kier alpha value is -8.80. The van der Waals surface area contributed by atoms with Gasteiger partial charge in [0.2, 0.25) is 0 Å². The van der Waals surface area contributed by atoms with E-state index in [2.05, 4.69) is 226 Å². The zero-order chi connectivity index (χ0) is 42.3. The van der Waals surface area contributed by atoms with E-state index >= 15 is 0 Å². The van der Waals surface area contributed by atoms with E-state index in [1.807, 2.05) is 0 Å². The Morgan fingerprint density at radius 1 is 0.246 bits per heavy atom. The van der Waals surface area contributed by atoms with Crippen LogP contribution in [0.15, 0.2) is 221 Å². The predicted octanol–water partition coefficient (Wildman–Crippen LogP) is 16.4. The van der Waals surface area contributed by atoms with Gasteiger partial charge in [0.25, 0.3) is 0 Å². The second-order valence-electron chi connectivity index (χ2n) is 17.3. The van der Waals surface area contributed by atoms with Gasteiger partial charge in [0, 0.05) is 65.5 Å². The first-order valence-electron chi connectivity index (χ1n) is 22.2. The molecule has 0 bridgehead atoms. The van der Waals surface area contributed by atoms with Crippen molar-refractivity contribution in [2.24, 2.45) is 0 Å². The van der Waals surface area contributed by atoms with Crippen LogP contribution in [-0.2, 0) is 0 Å². The summed E-state index contributed by atoms with van der Waals surface area (Å²) in [5, 5.41) is 11.6. The normalized spacial score (nSPS) is 12.3. The van der Waals surface area contributed by atoms with E-state index in [0.29, 0.717) is 0 Å². The fraction of sp³-hybridized carbons (Fsp3) is 0. The molecule has 0 aliphatic rings. The minimum absolute atomic E-state index is 0.863. The third kappa shape index (κ3) is 4.81. The van der Waals surface area contributed by atoms with Crippen LogP contribution >= 0.6 is 0 Å².